The fraction of sp³-hybridized carbons (Fsp3) is 0.0244. The number of benzene rings is 4. The fourth-order valence-corrected chi connectivity index (χ4v) is 8.84. The number of aromatic nitrogens is 6. The molecular formula is C41H22N6O. The van der Waals surface area contributed by atoms with Crippen molar-refractivity contribution in [1.29, 1.82) is 0 Å². The van der Waals surface area contributed by atoms with Crippen molar-refractivity contribution in [3.05, 3.63) is 156 Å². The normalized spacial score (nSPS) is 14.0. The minimum Gasteiger partial charge on any atom is -0.456 e. The van der Waals surface area contributed by atoms with Gasteiger partial charge in [0.25, 0.3) is 0 Å². The molecule has 1 spiro atoms. The summed E-state index contributed by atoms with van der Waals surface area (Å²) in [4.78, 5) is 20.0. The van der Waals surface area contributed by atoms with Crippen molar-refractivity contribution in [2.45, 2.75) is 5.41 Å². The Hall–Kier alpha value is -6.60. The molecule has 12 rings (SSSR count). The lowest BCUT2D eigenvalue weighted by Crippen LogP contribution is -2.25. The van der Waals surface area contributed by atoms with E-state index in [-0.39, 0.29) is 0 Å². The molecule has 0 saturated carbocycles. The van der Waals surface area contributed by atoms with Crippen LogP contribution in [0.1, 0.15) is 22.3 Å². The first-order valence-corrected chi connectivity index (χ1v) is 16.1. The SMILES string of the molecule is c1ccc2c(c1)-c1ccccc1C21c2ccccc2-c2c1cc1c3ncc(-c4nccc5oc6ccccc6c45)n3c3nccnc3n21. The van der Waals surface area contributed by atoms with Crippen molar-refractivity contribution >= 4 is 44.4 Å². The summed E-state index contributed by atoms with van der Waals surface area (Å²) < 4.78 is 10.6. The van der Waals surface area contributed by atoms with E-state index in [4.69, 9.17) is 24.4 Å². The molecule has 6 heterocycles. The molecule has 0 saturated heterocycles. The molecule has 6 aromatic heterocycles. The van der Waals surface area contributed by atoms with Crippen LogP contribution < -0.4 is 0 Å². The maximum absolute atomic E-state index is 6.24. The molecule has 222 valence electrons. The van der Waals surface area contributed by atoms with E-state index in [1.807, 2.05) is 30.5 Å². The molecule has 2 aliphatic carbocycles. The molecule has 7 heteroatoms. The third-order valence-electron chi connectivity index (χ3n) is 10.5. The van der Waals surface area contributed by atoms with E-state index in [1.54, 1.807) is 18.6 Å². The van der Waals surface area contributed by atoms with Crippen LogP contribution in [0.15, 0.2) is 138 Å². The Labute approximate surface area is 272 Å². The van der Waals surface area contributed by atoms with Crippen LogP contribution in [-0.4, -0.2) is 28.7 Å². The highest BCUT2D eigenvalue weighted by Crippen LogP contribution is 2.63. The highest BCUT2D eigenvalue weighted by molar-refractivity contribution is 6.11. The van der Waals surface area contributed by atoms with E-state index in [1.165, 1.54) is 38.9 Å². The van der Waals surface area contributed by atoms with Crippen molar-refractivity contribution in [2.24, 2.45) is 0 Å². The van der Waals surface area contributed by atoms with E-state index >= 15 is 0 Å². The van der Waals surface area contributed by atoms with Gasteiger partial charge in [-0.05, 0) is 51.6 Å². The van der Waals surface area contributed by atoms with Gasteiger partial charge in [0, 0.05) is 29.5 Å². The second-order valence-electron chi connectivity index (χ2n) is 12.7. The van der Waals surface area contributed by atoms with Gasteiger partial charge in [0.05, 0.1) is 33.9 Å². The van der Waals surface area contributed by atoms with Gasteiger partial charge in [0.2, 0.25) is 0 Å². The first kappa shape index (κ1) is 24.6. The summed E-state index contributed by atoms with van der Waals surface area (Å²) in [5, 5.41) is 1.97. The van der Waals surface area contributed by atoms with Crippen molar-refractivity contribution in [3.8, 4) is 33.8 Å². The van der Waals surface area contributed by atoms with Gasteiger partial charge in [0.1, 0.15) is 16.9 Å². The molecule has 0 aliphatic heterocycles. The number of hydrogen-bond donors (Lipinski definition) is 0. The molecular weight excluding hydrogens is 592 g/mol. The highest BCUT2D eigenvalue weighted by atomic mass is 16.3. The Morgan fingerprint density at radius 1 is 0.521 bits per heavy atom. The van der Waals surface area contributed by atoms with Gasteiger partial charge in [-0.1, -0.05) is 91.0 Å². The van der Waals surface area contributed by atoms with Gasteiger partial charge in [-0.2, -0.15) is 0 Å². The Morgan fingerprint density at radius 2 is 1.17 bits per heavy atom. The molecule has 7 nitrogen and oxygen atoms in total. The standard InChI is InChI=1S/C41H22N6O/c1-5-13-27-23(9-1)24-10-2-6-14-28(24)41(27)29-15-7-3-11-25(29)37-30(41)21-31-38-45-22-32(47(38)40-39(46(31)37)43-19-20-44-40)36-35-26-12-4-8-16-33(26)48-34(35)17-18-42-36/h1-22H. The molecule has 0 radical (unpaired) electrons. The van der Waals surface area contributed by atoms with E-state index in [2.05, 4.69) is 93.7 Å². The lowest BCUT2D eigenvalue weighted by molar-refractivity contribution is 0.668. The number of para-hydroxylation sites is 1. The van der Waals surface area contributed by atoms with Gasteiger partial charge in [0.15, 0.2) is 16.9 Å². The average molecular weight is 615 g/mol. The molecule has 0 amide bonds. The molecule has 0 N–H and O–H groups in total. The van der Waals surface area contributed by atoms with E-state index < -0.39 is 5.41 Å². The number of nitrogens with zero attached hydrogens (tertiary/aromatic N) is 6. The maximum Gasteiger partial charge on any atom is 0.183 e. The van der Waals surface area contributed by atoms with Crippen LogP contribution in [0.4, 0.5) is 0 Å². The number of imidazole rings is 1. The second kappa shape index (κ2) is 8.40. The quantitative estimate of drug-likeness (QED) is 0.185. The molecule has 4 aromatic carbocycles. The Morgan fingerprint density at radius 3 is 1.94 bits per heavy atom. The number of hydrogen-bond acceptors (Lipinski definition) is 5. The predicted octanol–water partition coefficient (Wildman–Crippen LogP) is 8.84. The van der Waals surface area contributed by atoms with Crippen LogP contribution in [0.2, 0.25) is 0 Å². The molecule has 0 fully saturated rings. The summed E-state index contributed by atoms with van der Waals surface area (Å²) in [6.07, 6.45) is 7.24. The maximum atomic E-state index is 6.24. The largest absolute Gasteiger partial charge is 0.456 e. The Bertz CT molecular complexity index is 2990. The third kappa shape index (κ3) is 2.67. The summed E-state index contributed by atoms with van der Waals surface area (Å²) in [6, 6.07) is 38.9. The van der Waals surface area contributed by atoms with Crippen LogP contribution in [0, 0.1) is 0 Å². The number of rotatable bonds is 1. The van der Waals surface area contributed by atoms with Crippen LogP contribution in [-0.2, 0) is 5.41 Å². The molecule has 48 heavy (non-hydrogen) atoms. The Kier molecular flexibility index (Phi) is 4.31. The zero-order valence-corrected chi connectivity index (χ0v) is 25.3. The van der Waals surface area contributed by atoms with E-state index in [0.29, 0.717) is 5.65 Å². The number of pyridine rings is 1. The van der Waals surface area contributed by atoms with Crippen molar-refractivity contribution in [3.63, 3.8) is 0 Å². The summed E-state index contributed by atoms with van der Waals surface area (Å²) in [5.41, 5.74) is 16.0. The van der Waals surface area contributed by atoms with E-state index in [0.717, 1.165) is 55.8 Å². The fourth-order valence-electron chi connectivity index (χ4n) is 8.84. The van der Waals surface area contributed by atoms with Crippen molar-refractivity contribution in [1.82, 2.24) is 28.7 Å². The van der Waals surface area contributed by atoms with Crippen LogP contribution in [0.5, 0.6) is 0 Å². The predicted molar refractivity (Wildman–Crippen MR) is 186 cm³/mol. The minimum absolute atomic E-state index is 0.477. The lowest BCUT2D eigenvalue weighted by Gasteiger charge is -2.29. The molecule has 10 aromatic rings. The summed E-state index contributed by atoms with van der Waals surface area (Å²) >= 11 is 0. The number of fused-ring (bicyclic) bond motifs is 20. The highest BCUT2D eigenvalue weighted by Gasteiger charge is 2.53. The first-order valence-electron chi connectivity index (χ1n) is 16.1. The zero-order chi connectivity index (χ0) is 31.1. The van der Waals surface area contributed by atoms with Crippen LogP contribution in [0.3, 0.4) is 0 Å². The zero-order valence-electron chi connectivity index (χ0n) is 25.3. The summed E-state index contributed by atoms with van der Waals surface area (Å²) in [6.45, 7) is 0. The molecule has 0 atom stereocenters. The smallest absolute Gasteiger partial charge is 0.183 e. The van der Waals surface area contributed by atoms with Gasteiger partial charge in [-0.3, -0.25) is 13.8 Å². The van der Waals surface area contributed by atoms with E-state index in [9.17, 15) is 0 Å². The van der Waals surface area contributed by atoms with Crippen molar-refractivity contribution in [2.75, 3.05) is 0 Å². The molecule has 0 bridgehead atoms. The first-order chi connectivity index (χ1) is 23.8. The summed E-state index contributed by atoms with van der Waals surface area (Å²) in [5.74, 6) is 0. The number of furan rings is 1. The van der Waals surface area contributed by atoms with Gasteiger partial charge < -0.3 is 4.42 Å². The molecule has 2 aliphatic rings. The third-order valence-corrected chi connectivity index (χ3v) is 10.5. The average Bonchev–Trinajstić information content (AvgIpc) is 3.95. The lowest BCUT2D eigenvalue weighted by atomic mass is 9.71. The van der Waals surface area contributed by atoms with Crippen LogP contribution in [0.25, 0.3) is 78.2 Å². The summed E-state index contributed by atoms with van der Waals surface area (Å²) in [7, 11) is 0. The monoisotopic (exact) mass is 614 g/mol. The van der Waals surface area contributed by atoms with Gasteiger partial charge in [-0.25, -0.2) is 15.0 Å². The van der Waals surface area contributed by atoms with Gasteiger partial charge >= 0.3 is 0 Å². The van der Waals surface area contributed by atoms with Gasteiger partial charge in [-0.15, -0.1) is 0 Å². The Balaban J connectivity index is 1.26. The topological polar surface area (TPSA) is 73.5 Å². The minimum atomic E-state index is -0.477. The molecule has 0 unspecified atom stereocenters. The van der Waals surface area contributed by atoms with Crippen LogP contribution >= 0.6 is 0 Å². The van der Waals surface area contributed by atoms with Crippen molar-refractivity contribution < 1.29 is 4.42 Å². The second-order valence-corrected chi connectivity index (χ2v) is 12.7.